The molecule has 19 heavy (non-hydrogen) atoms. The van der Waals surface area contributed by atoms with Crippen molar-refractivity contribution in [2.75, 3.05) is 6.54 Å². The zero-order chi connectivity index (χ0) is 14.2. The van der Waals surface area contributed by atoms with Crippen molar-refractivity contribution in [1.29, 1.82) is 0 Å². The molecule has 0 spiro atoms. The zero-order valence-electron chi connectivity index (χ0n) is 12.7. The summed E-state index contributed by atoms with van der Waals surface area (Å²) in [4.78, 5) is 0. The second-order valence-corrected chi connectivity index (χ2v) is 6.17. The van der Waals surface area contributed by atoms with E-state index >= 15 is 0 Å². The van der Waals surface area contributed by atoms with E-state index in [-0.39, 0.29) is 5.60 Å². The van der Waals surface area contributed by atoms with Crippen LogP contribution in [0.4, 0.5) is 0 Å². The molecule has 0 bridgehead atoms. The van der Waals surface area contributed by atoms with Gasteiger partial charge in [-0.15, -0.1) is 0 Å². The highest BCUT2D eigenvalue weighted by molar-refractivity contribution is 5.68. The highest BCUT2D eigenvalue weighted by atomic mass is 16.5. The van der Waals surface area contributed by atoms with E-state index < -0.39 is 0 Å². The fourth-order valence-electron chi connectivity index (χ4n) is 2.78. The van der Waals surface area contributed by atoms with Crippen LogP contribution in [0.3, 0.4) is 0 Å². The second kappa shape index (κ2) is 5.01. The Hall–Kier alpha value is -1.28. The molecule has 0 aromatic heterocycles. The predicted octanol–water partition coefficient (Wildman–Crippen LogP) is 3.94. The van der Waals surface area contributed by atoms with Gasteiger partial charge < -0.3 is 10.5 Å². The minimum absolute atomic E-state index is 0.214. The summed E-state index contributed by atoms with van der Waals surface area (Å²) < 4.78 is 6.11. The summed E-state index contributed by atoms with van der Waals surface area (Å²) in [5.74, 6) is 1.53. The molecule has 0 saturated carbocycles. The molecule has 2 heteroatoms. The van der Waals surface area contributed by atoms with Gasteiger partial charge in [0.1, 0.15) is 11.4 Å². The molecule has 1 aromatic carbocycles. The highest BCUT2D eigenvalue weighted by Crippen LogP contribution is 2.39. The fraction of sp³-hybridized carbons (Fsp3) is 0.529. The molecule has 0 saturated heterocycles. The monoisotopic (exact) mass is 259 g/mol. The van der Waals surface area contributed by atoms with Crippen LogP contribution < -0.4 is 10.5 Å². The van der Waals surface area contributed by atoms with E-state index in [9.17, 15) is 0 Å². The van der Waals surface area contributed by atoms with E-state index in [2.05, 4.69) is 52.8 Å². The van der Waals surface area contributed by atoms with Crippen molar-refractivity contribution in [3.05, 3.63) is 34.4 Å². The predicted molar refractivity (Wildman–Crippen MR) is 81.7 cm³/mol. The van der Waals surface area contributed by atoms with Crippen LogP contribution in [0.15, 0.2) is 12.1 Å². The number of benzene rings is 1. The van der Waals surface area contributed by atoms with Crippen molar-refractivity contribution in [2.45, 2.75) is 52.6 Å². The normalized spacial score (nSPS) is 17.8. The number of fused-ring (bicyclic) bond motifs is 1. The smallest absolute Gasteiger partial charge is 0.131 e. The molecule has 1 aromatic rings. The number of aryl methyl sites for hydroxylation is 1. The van der Waals surface area contributed by atoms with Crippen molar-refractivity contribution in [3.8, 4) is 5.75 Å². The SMILES string of the molecule is Cc1cc(C(C)CCN)c(C)c2c1OC(C)(C)C=C2. The largest absolute Gasteiger partial charge is 0.483 e. The number of nitrogens with two attached hydrogens (primary N) is 1. The first-order valence-electron chi connectivity index (χ1n) is 7.08. The van der Waals surface area contributed by atoms with Gasteiger partial charge in [-0.2, -0.15) is 0 Å². The van der Waals surface area contributed by atoms with Crippen molar-refractivity contribution in [1.82, 2.24) is 0 Å². The molecule has 1 aliphatic heterocycles. The van der Waals surface area contributed by atoms with Gasteiger partial charge in [-0.05, 0) is 69.3 Å². The summed E-state index contributed by atoms with van der Waals surface area (Å²) in [7, 11) is 0. The van der Waals surface area contributed by atoms with Gasteiger partial charge in [-0.1, -0.05) is 19.1 Å². The molecular formula is C17H25NO. The van der Waals surface area contributed by atoms with Crippen LogP contribution in [0, 0.1) is 13.8 Å². The van der Waals surface area contributed by atoms with Gasteiger partial charge in [-0.25, -0.2) is 0 Å². The lowest BCUT2D eigenvalue weighted by Crippen LogP contribution is -2.28. The third kappa shape index (κ3) is 2.69. The lowest BCUT2D eigenvalue weighted by molar-refractivity contribution is 0.157. The average Bonchev–Trinajstić information content (AvgIpc) is 2.33. The Morgan fingerprint density at radius 3 is 2.63 bits per heavy atom. The summed E-state index contributed by atoms with van der Waals surface area (Å²) in [6.45, 7) is 11.5. The lowest BCUT2D eigenvalue weighted by atomic mass is 9.87. The number of hydrogen-bond donors (Lipinski definition) is 1. The molecular weight excluding hydrogens is 234 g/mol. The maximum atomic E-state index is 6.11. The molecule has 0 fully saturated rings. The second-order valence-electron chi connectivity index (χ2n) is 6.17. The Bertz CT molecular complexity index is 514. The average molecular weight is 259 g/mol. The maximum absolute atomic E-state index is 6.11. The first-order valence-corrected chi connectivity index (χ1v) is 7.08. The Morgan fingerprint density at radius 1 is 1.32 bits per heavy atom. The number of ether oxygens (including phenoxy) is 1. The Labute approximate surface area is 116 Å². The first kappa shape index (κ1) is 14.1. The summed E-state index contributed by atoms with van der Waals surface area (Å²) in [5, 5.41) is 0. The summed E-state index contributed by atoms with van der Waals surface area (Å²) in [5.41, 5.74) is 10.7. The number of hydrogen-bond acceptors (Lipinski definition) is 2. The third-order valence-electron chi connectivity index (χ3n) is 3.96. The van der Waals surface area contributed by atoms with E-state index in [0.29, 0.717) is 5.92 Å². The van der Waals surface area contributed by atoms with E-state index in [1.54, 1.807) is 0 Å². The summed E-state index contributed by atoms with van der Waals surface area (Å²) in [6, 6.07) is 2.27. The maximum Gasteiger partial charge on any atom is 0.131 e. The van der Waals surface area contributed by atoms with E-state index in [1.165, 1.54) is 22.3 Å². The van der Waals surface area contributed by atoms with Crippen molar-refractivity contribution in [3.63, 3.8) is 0 Å². The molecule has 1 aliphatic rings. The Kier molecular flexibility index (Phi) is 3.73. The van der Waals surface area contributed by atoms with Crippen LogP contribution in [0.2, 0.25) is 0 Å². The molecule has 1 unspecified atom stereocenters. The van der Waals surface area contributed by atoms with Crippen molar-refractivity contribution >= 4 is 6.08 Å². The van der Waals surface area contributed by atoms with Gasteiger partial charge >= 0.3 is 0 Å². The van der Waals surface area contributed by atoms with Gasteiger partial charge in [0.25, 0.3) is 0 Å². The zero-order valence-corrected chi connectivity index (χ0v) is 12.7. The van der Waals surface area contributed by atoms with E-state index in [1.807, 2.05) is 0 Å². The quantitative estimate of drug-likeness (QED) is 0.892. The molecule has 2 rings (SSSR count). The van der Waals surface area contributed by atoms with Crippen LogP contribution in [0.5, 0.6) is 5.75 Å². The molecule has 0 radical (unpaired) electrons. The summed E-state index contributed by atoms with van der Waals surface area (Å²) >= 11 is 0. The van der Waals surface area contributed by atoms with Gasteiger partial charge in [-0.3, -0.25) is 0 Å². The van der Waals surface area contributed by atoms with Crippen LogP contribution in [-0.4, -0.2) is 12.1 Å². The molecule has 2 N–H and O–H groups in total. The van der Waals surface area contributed by atoms with Gasteiger partial charge in [0.05, 0.1) is 0 Å². The highest BCUT2D eigenvalue weighted by Gasteiger charge is 2.25. The van der Waals surface area contributed by atoms with E-state index in [0.717, 1.165) is 18.7 Å². The molecule has 1 atom stereocenters. The lowest BCUT2D eigenvalue weighted by Gasteiger charge is -2.31. The van der Waals surface area contributed by atoms with Crippen molar-refractivity contribution in [2.24, 2.45) is 5.73 Å². The number of rotatable bonds is 3. The molecule has 0 amide bonds. The van der Waals surface area contributed by atoms with Crippen molar-refractivity contribution < 1.29 is 4.74 Å². The standard InChI is InChI=1S/C17H25NO/c1-11(7-9-18)15-10-12(2)16-14(13(15)3)6-8-17(4,5)19-16/h6,8,10-11H,7,9,18H2,1-5H3. The molecule has 1 heterocycles. The molecule has 2 nitrogen and oxygen atoms in total. The van der Waals surface area contributed by atoms with Crippen LogP contribution >= 0.6 is 0 Å². The van der Waals surface area contributed by atoms with Gasteiger partial charge in [0.15, 0.2) is 0 Å². The van der Waals surface area contributed by atoms with E-state index in [4.69, 9.17) is 10.5 Å². The minimum Gasteiger partial charge on any atom is -0.483 e. The fourth-order valence-corrected chi connectivity index (χ4v) is 2.78. The minimum atomic E-state index is -0.214. The Morgan fingerprint density at radius 2 is 2.00 bits per heavy atom. The molecule has 104 valence electrons. The summed E-state index contributed by atoms with van der Waals surface area (Å²) in [6.07, 6.45) is 5.37. The van der Waals surface area contributed by atoms with Gasteiger partial charge in [0.2, 0.25) is 0 Å². The van der Waals surface area contributed by atoms with Crippen LogP contribution in [0.25, 0.3) is 6.08 Å². The van der Waals surface area contributed by atoms with Crippen LogP contribution in [-0.2, 0) is 0 Å². The van der Waals surface area contributed by atoms with Gasteiger partial charge in [0, 0.05) is 5.56 Å². The third-order valence-corrected chi connectivity index (χ3v) is 3.96. The topological polar surface area (TPSA) is 35.2 Å². The van der Waals surface area contributed by atoms with Crippen LogP contribution in [0.1, 0.15) is 55.4 Å². The molecule has 0 aliphatic carbocycles. The Balaban J connectivity index is 2.51. The first-order chi connectivity index (χ1) is 8.85.